The summed E-state index contributed by atoms with van der Waals surface area (Å²) in [6, 6.07) is 3.71. The SMILES string of the molecule is CCc1cc(-c2cc(F)c3nc(C4CCNCC4)cn3c2)cn2cc(C)nc12. The average molecular weight is 377 g/mol. The van der Waals surface area contributed by atoms with E-state index >= 15 is 0 Å². The summed E-state index contributed by atoms with van der Waals surface area (Å²) in [6.45, 7) is 6.10. The van der Waals surface area contributed by atoms with Crippen LogP contribution in [0.2, 0.25) is 0 Å². The van der Waals surface area contributed by atoms with Crippen LogP contribution in [-0.2, 0) is 6.42 Å². The zero-order chi connectivity index (χ0) is 19.3. The molecule has 1 fully saturated rings. The number of aromatic nitrogens is 4. The lowest BCUT2D eigenvalue weighted by Crippen LogP contribution is -2.26. The average Bonchev–Trinajstić information content (AvgIpc) is 3.30. The summed E-state index contributed by atoms with van der Waals surface area (Å²) in [5, 5.41) is 3.37. The normalized spacial score (nSPS) is 15.7. The smallest absolute Gasteiger partial charge is 0.173 e. The molecule has 0 atom stereocenters. The van der Waals surface area contributed by atoms with Crippen LogP contribution in [0.1, 0.15) is 42.6 Å². The predicted octanol–water partition coefficient (Wildman–Crippen LogP) is 4.13. The standard InChI is InChI=1S/C22H24FN5/c1-3-15-8-17(11-27-10-14(2)25-21(15)27)18-9-19(23)22-26-20(13-28(22)12-18)16-4-6-24-7-5-16/h8-13,16,24H,3-7H2,1-2H3. The van der Waals surface area contributed by atoms with Crippen molar-refractivity contribution in [3.63, 3.8) is 0 Å². The topological polar surface area (TPSA) is 46.6 Å². The Hall–Kier alpha value is -2.73. The van der Waals surface area contributed by atoms with Gasteiger partial charge >= 0.3 is 0 Å². The van der Waals surface area contributed by atoms with Crippen LogP contribution < -0.4 is 5.32 Å². The largest absolute Gasteiger partial charge is 0.317 e. The molecule has 0 radical (unpaired) electrons. The molecule has 5 heterocycles. The monoisotopic (exact) mass is 377 g/mol. The first-order chi connectivity index (χ1) is 13.6. The van der Waals surface area contributed by atoms with Crippen LogP contribution in [0.4, 0.5) is 4.39 Å². The molecule has 1 aliphatic rings. The highest BCUT2D eigenvalue weighted by atomic mass is 19.1. The maximum absolute atomic E-state index is 14.9. The Morgan fingerprint density at radius 3 is 2.46 bits per heavy atom. The molecule has 0 spiro atoms. The lowest BCUT2D eigenvalue weighted by molar-refractivity contribution is 0.454. The molecular formula is C22H24FN5. The van der Waals surface area contributed by atoms with Crippen LogP contribution in [-0.4, -0.2) is 31.9 Å². The third-order valence-corrected chi connectivity index (χ3v) is 5.74. The lowest BCUT2D eigenvalue weighted by Gasteiger charge is -2.20. The number of hydrogen-bond acceptors (Lipinski definition) is 3. The van der Waals surface area contributed by atoms with E-state index in [0.29, 0.717) is 11.6 Å². The Labute approximate surface area is 163 Å². The summed E-state index contributed by atoms with van der Waals surface area (Å²) in [7, 11) is 0. The number of hydrogen-bond donors (Lipinski definition) is 1. The molecule has 1 aliphatic heterocycles. The molecule has 1 saturated heterocycles. The molecule has 0 unspecified atom stereocenters. The quantitative estimate of drug-likeness (QED) is 0.584. The number of nitrogens with zero attached hydrogens (tertiary/aromatic N) is 4. The lowest BCUT2D eigenvalue weighted by atomic mass is 9.95. The Morgan fingerprint density at radius 1 is 1.00 bits per heavy atom. The van der Waals surface area contributed by atoms with Crippen LogP contribution in [0.3, 0.4) is 0 Å². The highest BCUT2D eigenvalue weighted by Crippen LogP contribution is 2.29. The maximum Gasteiger partial charge on any atom is 0.173 e. The number of fused-ring (bicyclic) bond motifs is 2. The van der Waals surface area contributed by atoms with Crippen LogP contribution in [0.5, 0.6) is 0 Å². The highest BCUT2D eigenvalue weighted by molar-refractivity contribution is 5.68. The van der Waals surface area contributed by atoms with Gasteiger partial charge in [-0.05, 0) is 57.0 Å². The number of nitrogens with one attached hydrogen (secondary N) is 1. The van der Waals surface area contributed by atoms with Gasteiger partial charge in [0.1, 0.15) is 5.65 Å². The molecule has 0 saturated carbocycles. The first-order valence-corrected chi connectivity index (χ1v) is 10.00. The molecule has 4 aromatic heterocycles. The van der Waals surface area contributed by atoms with Crippen molar-refractivity contribution in [1.82, 2.24) is 24.1 Å². The summed E-state index contributed by atoms with van der Waals surface area (Å²) in [5.74, 6) is 0.124. The zero-order valence-electron chi connectivity index (χ0n) is 16.2. The van der Waals surface area contributed by atoms with Gasteiger partial charge in [-0.3, -0.25) is 0 Å². The third kappa shape index (κ3) is 2.88. The van der Waals surface area contributed by atoms with E-state index in [0.717, 1.165) is 66.1 Å². The zero-order valence-corrected chi connectivity index (χ0v) is 16.2. The first kappa shape index (κ1) is 17.4. The van der Waals surface area contributed by atoms with Crippen molar-refractivity contribution in [2.24, 2.45) is 0 Å². The Kier molecular flexibility index (Phi) is 4.16. The number of halogens is 1. The number of imidazole rings is 2. The Morgan fingerprint density at radius 2 is 1.71 bits per heavy atom. The fourth-order valence-corrected chi connectivity index (χ4v) is 4.26. The summed E-state index contributed by atoms with van der Waals surface area (Å²) >= 11 is 0. The molecule has 28 heavy (non-hydrogen) atoms. The van der Waals surface area contributed by atoms with Gasteiger partial charge < -0.3 is 14.1 Å². The van der Waals surface area contributed by atoms with Crippen LogP contribution in [0.15, 0.2) is 36.9 Å². The van der Waals surface area contributed by atoms with Crippen molar-refractivity contribution in [1.29, 1.82) is 0 Å². The van der Waals surface area contributed by atoms with Crippen molar-refractivity contribution in [2.45, 2.75) is 39.0 Å². The van der Waals surface area contributed by atoms with E-state index < -0.39 is 0 Å². The van der Waals surface area contributed by atoms with E-state index in [1.807, 2.05) is 40.5 Å². The van der Waals surface area contributed by atoms with Crippen molar-refractivity contribution in [3.8, 4) is 11.1 Å². The van der Waals surface area contributed by atoms with Gasteiger partial charge in [0.2, 0.25) is 0 Å². The second-order valence-electron chi connectivity index (χ2n) is 7.72. The van der Waals surface area contributed by atoms with E-state index in [1.165, 1.54) is 0 Å². The fourth-order valence-electron chi connectivity index (χ4n) is 4.26. The molecule has 0 bridgehead atoms. The van der Waals surface area contributed by atoms with E-state index in [4.69, 9.17) is 0 Å². The van der Waals surface area contributed by atoms with Crippen LogP contribution in [0.25, 0.3) is 22.4 Å². The van der Waals surface area contributed by atoms with E-state index in [-0.39, 0.29) is 5.82 Å². The van der Waals surface area contributed by atoms with Gasteiger partial charge in [0.25, 0.3) is 0 Å². The minimum absolute atomic E-state index is 0.280. The van der Waals surface area contributed by atoms with Gasteiger partial charge in [-0.1, -0.05) is 6.92 Å². The summed E-state index contributed by atoms with van der Waals surface area (Å²) in [4.78, 5) is 9.21. The van der Waals surface area contributed by atoms with Crippen LogP contribution in [0, 0.1) is 12.7 Å². The molecule has 0 aromatic carbocycles. The van der Waals surface area contributed by atoms with Crippen molar-refractivity contribution in [2.75, 3.05) is 13.1 Å². The third-order valence-electron chi connectivity index (χ3n) is 5.74. The van der Waals surface area contributed by atoms with E-state index in [2.05, 4.69) is 28.3 Å². The minimum Gasteiger partial charge on any atom is -0.317 e. The number of aryl methyl sites for hydroxylation is 2. The molecule has 5 rings (SSSR count). The second-order valence-corrected chi connectivity index (χ2v) is 7.72. The van der Waals surface area contributed by atoms with Crippen molar-refractivity contribution < 1.29 is 4.39 Å². The van der Waals surface area contributed by atoms with Gasteiger partial charge in [-0.2, -0.15) is 0 Å². The molecule has 6 heteroatoms. The van der Waals surface area contributed by atoms with Crippen molar-refractivity contribution >= 4 is 11.3 Å². The number of piperidine rings is 1. The molecule has 0 amide bonds. The van der Waals surface area contributed by atoms with Crippen molar-refractivity contribution in [3.05, 3.63) is 59.7 Å². The van der Waals surface area contributed by atoms with E-state index in [9.17, 15) is 4.39 Å². The second kappa shape index (κ2) is 6.71. The number of pyridine rings is 2. The molecule has 1 N–H and O–H groups in total. The minimum atomic E-state index is -0.280. The van der Waals surface area contributed by atoms with Gasteiger partial charge in [0.05, 0.1) is 11.4 Å². The Bertz CT molecular complexity index is 1170. The van der Waals surface area contributed by atoms with Crippen LogP contribution >= 0.6 is 0 Å². The summed E-state index contributed by atoms with van der Waals surface area (Å²) in [5.41, 5.74) is 6.35. The van der Waals surface area contributed by atoms with Gasteiger partial charge in [-0.15, -0.1) is 0 Å². The molecular weight excluding hydrogens is 353 g/mol. The molecule has 4 aromatic rings. The predicted molar refractivity (Wildman–Crippen MR) is 108 cm³/mol. The van der Waals surface area contributed by atoms with Gasteiger partial charge in [0.15, 0.2) is 11.5 Å². The van der Waals surface area contributed by atoms with Gasteiger partial charge in [0, 0.05) is 41.8 Å². The Balaban J connectivity index is 1.62. The highest BCUT2D eigenvalue weighted by Gasteiger charge is 2.20. The molecule has 0 aliphatic carbocycles. The summed E-state index contributed by atoms with van der Waals surface area (Å²) in [6.07, 6.45) is 11.0. The molecule has 144 valence electrons. The first-order valence-electron chi connectivity index (χ1n) is 10.00. The maximum atomic E-state index is 14.9. The molecule has 5 nitrogen and oxygen atoms in total. The van der Waals surface area contributed by atoms with Gasteiger partial charge in [-0.25, -0.2) is 14.4 Å². The fraction of sp³-hybridized carbons (Fsp3) is 0.364. The number of rotatable bonds is 3. The summed E-state index contributed by atoms with van der Waals surface area (Å²) < 4.78 is 18.8. The van der Waals surface area contributed by atoms with E-state index in [1.54, 1.807) is 6.07 Å².